The third kappa shape index (κ3) is 5.56. The van der Waals surface area contributed by atoms with Gasteiger partial charge in [0.1, 0.15) is 19.4 Å². The first-order valence-corrected chi connectivity index (χ1v) is 7.32. The number of nitrogens with zero attached hydrogens (tertiary/aromatic N) is 3. The molecule has 1 heterocycles. The molecule has 0 fully saturated rings. The van der Waals surface area contributed by atoms with Crippen LogP contribution in [0, 0.1) is 5.82 Å². The standard InChI is InChI=1S/C16H18FN3O.2CH2O/c1-10(2)14-13(9-21)15(19-16(18-14)20(3)4)11-5-7-12(17)8-6-11;2*1-2/h5-10H,1-4H3;2*1H2. The van der Waals surface area contributed by atoms with E-state index < -0.39 is 0 Å². The molecular formula is C18H22FN3O3. The second-order valence-electron chi connectivity index (χ2n) is 5.35. The summed E-state index contributed by atoms with van der Waals surface area (Å²) in [5.74, 6) is 0.298. The van der Waals surface area contributed by atoms with Crippen LogP contribution >= 0.6 is 0 Å². The van der Waals surface area contributed by atoms with Gasteiger partial charge in [-0.3, -0.25) is 4.79 Å². The molecular weight excluding hydrogens is 325 g/mol. The van der Waals surface area contributed by atoms with Gasteiger partial charge < -0.3 is 14.5 Å². The highest BCUT2D eigenvalue weighted by Crippen LogP contribution is 2.28. The molecule has 0 radical (unpaired) electrons. The largest absolute Gasteiger partial charge is 0.347 e. The minimum absolute atomic E-state index is 0.0890. The molecule has 1 aromatic carbocycles. The zero-order valence-electron chi connectivity index (χ0n) is 14.8. The van der Waals surface area contributed by atoms with E-state index in [-0.39, 0.29) is 11.7 Å². The van der Waals surface area contributed by atoms with Crippen LogP contribution in [0.2, 0.25) is 0 Å². The van der Waals surface area contributed by atoms with E-state index in [1.165, 1.54) is 12.1 Å². The topological polar surface area (TPSA) is 80.2 Å². The number of carbonyl (C=O) groups is 3. The van der Waals surface area contributed by atoms with E-state index in [2.05, 4.69) is 9.97 Å². The first-order valence-electron chi connectivity index (χ1n) is 7.32. The van der Waals surface area contributed by atoms with Crippen molar-refractivity contribution < 1.29 is 18.8 Å². The quantitative estimate of drug-likeness (QED) is 0.791. The molecule has 0 spiro atoms. The van der Waals surface area contributed by atoms with E-state index in [4.69, 9.17) is 9.59 Å². The SMILES string of the molecule is C=O.C=O.CC(C)c1nc(N(C)C)nc(-c2ccc(F)cc2)c1C=O. The van der Waals surface area contributed by atoms with Gasteiger partial charge in [-0.1, -0.05) is 13.8 Å². The smallest absolute Gasteiger partial charge is 0.225 e. The number of hydrogen-bond acceptors (Lipinski definition) is 6. The Morgan fingerprint density at radius 3 is 1.96 bits per heavy atom. The average Bonchev–Trinajstić information content (AvgIpc) is 2.64. The van der Waals surface area contributed by atoms with E-state index >= 15 is 0 Å². The molecule has 7 heteroatoms. The van der Waals surface area contributed by atoms with Gasteiger partial charge in [0, 0.05) is 19.7 Å². The Morgan fingerprint density at radius 1 is 1.04 bits per heavy atom. The molecule has 1 aromatic heterocycles. The van der Waals surface area contributed by atoms with Crippen molar-refractivity contribution >= 4 is 25.8 Å². The maximum atomic E-state index is 13.1. The van der Waals surface area contributed by atoms with E-state index in [0.717, 1.165) is 6.29 Å². The van der Waals surface area contributed by atoms with Crippen LogP contribution in [-0.2, 0) is 9.59 Å². The molecule has 0 bridgehead atoms. The Morgan fingerprint density at radius 2 is 1.56 bits per heavy atom. The normalized spacial score (nSPS) is 9.36. The van der Waals surface area contributed by atoms with E-state index in [1.807, 2.05) is 41.5 Å². The van der Waals surface area contributed by atoms with Crippen molar-refractivity contribution in [1.29, 1.82) is 0 Å². The van der Waals surface area contributed by atoms with E-state index in [0.29, 0.717) is 28.5 Å². The summed E-state index contributed by atoms with van der Waals surface area (Å²) in [6.07, 6.45) is 0.771. The van der Waals surface area contributed by atoms with Gasteiger partial charge in [0.05, 0.1) is 17.0 Å². The van der Waals surface area contributed by atoms with Crippen molar-refractivity contribution in [3.63, 3.8) is 0 Å². The molecule has 2 rings (SSSR count). The Balaban J connectivity index is 0.00000134. The summed E-state index contributed by atoms with van der Waals surface area (Å²) in [6, 6.07) is 5.95. The van der Waals surface area contributed by atoms with Crippen LogP contribution in [0.5, 0.6) is 0 Å². The fourth-order valence-electron chi connectivity index (χ4n) is 2.06. The van der Waals surface area contributed by atoms with Crippen molar-refractivity contribution in [2.75, 3.05) is 19.0 Å². The maximum absolute atomic E-state index is 13.1. The fourth-order valence-corrected chi connectivity index (χ4v) is 2.06. The number of aromatic nitrogens is 2. The number of rotatable bonds is 4. The van der Waals surface area contributed by atoms with Gasteiger partial charge in [0.2, 0.25) is 5.95 Å². The molecule has 0 unspecified atom stereocenters. The molecule has 0 aliphatic heterocycles. The van der Waals surface area contributed by atoms with E-state index in [9.17, 15) is 9.18 Å². The Bertz CT molecular complexity index is 687. The molecule has 0 atom stereocenters. The Hall–Kier alpha value is -2.96. The third-order valence-electron chi connectivity index (χ3n) is 3.15. The highest BCUT2D eigenvalue weighted by atomic mass is 19.1. The van der Waals surface area contributed by atoms with Crippen LogP contribution in [0.15, 0.2) is 24.3 Å². The van der Waals surface area contributed by atoms with Crippen molar-refractivity contribution in [2.24, 2.45) is 0 Å². The van der Waals surface area contributed by atoms with Crippen molar-refractivity contribution in [1.82, 2.24) is 9.97 Å². The first kappa shape index (κ1) is 22.0. The lowest BCUT2D eigenvalue weighted by atomic mass is 9.99. The molecule has 2 aromatic rings. The van der Waals surface area contributed by atoms with Gasteiger partial charge in [-0.25, -0.2) is 14.4 Å². The highest BCUT2D eigenvalue weighted by Gasteiger charge is 2.18. The number of anilines is 1. The van der Waals surface area contributed by atoms with Gasteiger partial charge in [0.25, 0.3) is 0 Å². The van der Waals surface area contributed by atoms with E-state index in [1.54, 1.807) is 17.0 Å². The second-order valence-corrected chi connectivity index (χ2v) is 5.35. The monoisotopic (exact) mass is 347 g/mol. The van der Waals surface area contributed by atoms with Crippen LogP contribution < -0.4 is 4.90 Å². The molecule has 0 aliphatic carbocycles. The highest BCUT2D eigenvalue weighted by molar-refractivity contribution is 5.87. The van der Waals surface area contributed by atoms with Gasteiger partial charge in [-0.05, 0) is 30.2 Å². The molecule has 0 saturated heterocycles. The summed E-state index contributed by atoms with van der Waals surface area (Å²) < 4.78 is 13.1. The minimum atomic E-state index is -0.322. The number of aldehydes is 1. The predicted octanol–water partition coefficient (Wildman–Crippen LogP) is 2.91. The lowest BCUT2D eigenvalue weighted by molar-refractivity contribution is -0.0987. The summed E-state index contributed by atoms with van der Waals surface area (Å²) in [5.41, 5.74) is 2.39. The number of hydrogen-bond donors (Lipinski definition) is 0. The lowest BCUT2D eigenvalue weighted by Crippen LogP contribution is -2.16. The average molecular weight is 347 g/mol. The second kappa shape index (κ2) is 10.7. The van der Waals surface area contributed by atoms with Gasteiger partial charge in [-0.15, -0.1) is 0 Å². The van der Waals surface area contributed by atoms with Crippen LogP contribution in [0.1, 0.15) is 35.8 Å². The van der Waals surface area contributed by atoms with Gasteiger partial charge >= 0.3 is 0 Å². The molecule has 25 heavy (non-hydrogen) atoms. The van der Waals surface area contributed by atoms with Crippen molar-refractivity contribution in [3.05, 3.63) is 41.3 Å². The zero-order valence-corrected chi connectivity index (χ0v) is 14.8. The molecule has 0 N–H and O–H groups in total. The molecule has 0 amide bonds. The first-order chi connectivity index (χ1) is 11.9. The molecule has 0 aliphatic rings. The fraction of sp³-hybridized carbons (Fsp3) is 0.278. The summed E-state index contributed by atoms with van der Waals surface area (Å²) >= 11 is 0. The van der Waals surface area contributed by atoms with Gasteiger partial charge in [-0.2, -0.15) is 0 Å². The Labute approximate surface area is 146 Å². The lowest BCUT2D eigenvalue weighted by Gasteiger charge is -2.17. The number of benzene rings is 1. The molecule has 6 nitrogen and oxygen atoms in total. The van der Waals surface area contributed by atoms with Crippen LogP contribution in [0.3, 0.4) is 0 Å². The number of halogens is 1. The van der Waals surface area contributed by atoms with Crippen molar-refractivity contribution in [2.45, 2.75) is 19.8 Å². The van der Waals surface area contributed by atoms with Crippen LogP contribution in [-0.4, -0.2) is 43.9 Å². The van der Waals surface area contributed by atoms with Crippen LogP contribution in [0.4, 0.5) is 10.3 Å². The van der Waals surface area contributed by atoms with Crippen LogP contribution in [0.25, 0.3) is 11.3 Å². The maximum Gasteiger partial charge on any atom is 0.225 e. The predicted molar refractivity (Wildman–Crippen MR) is 95.5 cm³/mol. The summed E-state index contributed by atoms with van der Waals surface area (Å²) in [6.45, 7) is 7.95. The Kier molecular flexibility index (Phi) is 9.47. The van der Waals surface area contributed by atoms with Gasteiger partial charge in [0.15, 0.2) is 6.29 Å². The summed E-state index contributed by atoms with van der Waals surface area (Å²) in [5, 5.41) is 0. The molecule has 0 saturated carbocycles. The van der Waals surface area contributed by atoms with Crippen molar-refractivity contribution in [3.8, 4) is 11.3 Å². The number of carbonyl (C=O) groups excluding carboxylic acids is 3. The third-order valence-corrected chi connectivity index (χ3v) is 3.15. The minimum Gasteiger partial charge on any atom is -0.347 e. The summed E-state index contributed by atoms with van der Waals surface area (Å²) in [4.78, 5) is 38.2. The summed E-state index contributed by atoms with van der Waals surface area (Å²) in [7, 11) is 3.68. The zero-order chi connectivity index (χ0) is 19.6. The molecule has 134 valence electrons.